The van der Waals surface area contributed by atoms with Gasteiger partial charge in [0.1, 0.15) is 5.82 Å². The van der Waals surface area contributed by atoms with Crippen LogP contribution in [0.2, 0.25) is 0 Å². The molecule has 96 valence electrons. The van der Waals surface area contributed by atoms with Crippen LogP contribution in [0.15, 0.2) is 6.07 Å². The summed E-state index contributed by atoms with van der Waals surface area (Å²) in [7, 11) is 0. The van der Waals surface area contributed by atoms with Gasteiger partial charge in [0.05, 0.1) is 23.7 Å². The van der Waals surface area contributed by atoms with Crippen molar-refractivity contribution >= 4 is 5.69 Å². The van der Waals surface area contributed by atoms with E-state index in [1.54, 1.807) is 10.7 Å². The van der Waals surface area contributed by atoms with E-state index in [2.05, 4.69) is 15.1 Å². The van der Waals surface area contributed by atoms with Gasteiger partial charge in [0.25, 0.3) is 0 Å². The quantitative estimate of drug-likeness (QED) is 0.890. The molecular formula is C12H17N5O. The summed E-state index contributed by atoms with van der Waals surface area (Å²) in [5.41, 5.74) is 8.26. The molecule has 0 aliphatic carbocycles. The number of nitrogen functional groups attached to an aromatic ring is 1. The topological polar surface area (TPSA) is 78.9 Å². The average Bonchev–Trinajstić information content (AvgIpc) is 2.57. The Labute approximate surface area is 106 Å². The molecule has 0 amide bonds. The Morgan fingerprint density at radius 1 is 1.28 bits per heavy atom. The van der Waals surface area contributed by atoms with E-state index in [1.165, 1.54) is 0 Å². The minimum absolute atomic E-state index is 0.547. The SMILES string of the molecule is CCOc1cc(-n2nc(C)c(N)c2C)nc(C)n1. The van der Waals surface area contributed by atoms with Crippen LogP contribution in [0.4, 0.5) is 5.69 Å². The highest BCUT2D eigenvalue weighted by Crippen LogP contribution is 2.20. The second-order valence-electron chi connectivity index (χ2n) is 4.04. The van der Waals surface area contributed by atoms with E-state index in [0.29, 0.717) is 29.8 Å². The van der Waals surface area contributed by atoms with E-state index in [0.717, 1.165) is 11.4 Å². The summed E-state index contributed by atoms with van der Waals surface area (Å²) >= 11 is 0. The smallest absolute Gasteiger partial charge is 0.218 e. The Balaban J connectivity index is 2.52. The number of rotatable bonds is 3. The maximum absolute atomic E-state index is 5.92. The Hall–Kier alpha value is -2.11. The van der Waals surface area contributed by atoms with Crippen LogP contribution >= 0.6 is 0 Å². The molecule has 0 aromatic carbocycles. The van der Waals surface area contributed by atoms with Crippen molar-refractivity contribution in [2.75, 3.05) is 12.3 Å². The third-order valence-corrected chi connectivity index (χ3v) is 2.66. The second kappa shape index (κ2) is 4.64. The van der Waals surface area contributed by atoms with Crippen molar-refractivity contribution in [2.24, 2.45) is 0 Å². The van der Waals surface area contributed by atoms with Crippen LogP contribution in [-0.2, 0) is 0 Å². The summed E-state index contributed by atoms with van der Waals surface area (Å²) in [5, 5.41) is 4.37. The first kappa shape index (κ1) is 12.3. The molecular weight excluding hydrogens is 230 g/mol. The standard InChI is InChI=1S/C12H17N5O/c1-5-18-11-6-10(14-9(4)15-11)17-8(3)12(13)7(2)16-17/h6H,5,13H2,1-4H3. The minimum Gasteiger partial charge on any atom is -0.478 e. The van der Waals surface area contributed by atoms with E-state index in [4.69, 9.17) is 10.5 Å². The zero-order chi connectivity index (χ0) is 13.3. The maximum Gasteiger partial charge on any atom is 0.218 e. The molecule has 0 saturated heterocycles. The number of ether oxygens (including phenoxy) is 1. The summed E-state index contributed by atoms with van der Waals surface area (Å²) < 4.78 is 7.11. The Bertz CT molecular complexity index is 576. The molecule has 2 rings (SSSR count). The van der Waals surface area contributed by atoms with Crippen LogP contribution < -0.4 is 10.5 Å². The number of hydrogen-bond acceptors (Lipinski definition) is 5. The molecule has 2 aromatic rings. The van der Waals surface area contributed by atoms with Gasteiger partial charge in [0, 0.05) is 6.07 Å². The summed E-state index contributed by atoms with van der Waals surface area (Å²) in [6, 6.07) is 1.76. The lowest BCUT2D eigenvalue weighted by Gasteiger charge is -2.07. The monoisotopic (exact) mass is 247 g/mol. The van der Waals surface area contributed by atoms with Crippen LogP contribution in [0.3, 0.4) is 0 Å². The second-order valence-corrected chi connectivity index (χ2v) is 4.04. The molecule has 6 heteroatoms. The van der Waals surface area contributed by atoms with E-state index in [9.17, 15) is 0 Å². The molecule has 0 fully saturated rings. The van der Waals surface area contributed by atoms with Gasteiger partial charge < -0.3 is 10.5 Å². The fourth-order valence-electron chi connectivity index (χ4n) is 1.73. The molecule has 0 aliphatic heterocycles. The first-order valence-corrected chi connectivity index (χ1v) is 5.83. The van der Waals surface area contributed by atoms with Crippen LogP contribution in [0.1, 0.15) is 24.1 Å². The predicted octanol–water partition coefficient (Wildman–Crippen LogP) is 1.57. The Morgan fingerprint density at radius 2 is 2.00 bits per heavy atom. The molecule has 0 aliphatic rings. The molecule has 0 radical (unpaired) electrons. The van der Waals surface area contributed by atoms with Crippen molar-refractivity contribution in [1.29, 1.82) is 0 Å². The van der Waals surface area contributed by atoms with Gasteiger partial charge in [-0.2, -0.15) is 10.1 Å². The fourth-order valence-corrected chi connectivity index (χ4v) is 1.73. The van der Waals surface area contributed by atoms with E-state index < -0.39 is 0 Å². The minimum atomic E-state index is 0.547. The van der Waals surface area contributed by atoms with E-state index in [1.807, 2.05) is 27.7 Å². The van der Waals surface area contributed by atoms with Gasteiger partial charge in [-0.25, -0.2) is 9.67 Å². The zero-order valence-electron chi connectivity index (χ0n) is 11.1. The van der Waals surface area contributed by atoms with Crippen LogP contribution in [0.5, 0.6) is 5.88 Å². The lowest BCUT2D eigenvalue weighted by Crippen LogP contribution is -2.06. The van der Waals surface area contributed by atoms with Gasteiger partial charge in [-0.3, -0.25) is 0 Å². The van der Waals surface area contributed by atoms with Crippen molar-refractivity contribution in [3.63, 3.8) is 0 Å². The first-order valence-electron chi connectivity index (χ1n) is 5.83. The summed E-state index contributed by atoms with van der Waals surface area (Å²) in [5.74, 6) is 1.86. The molecule has 2 N–H and O–H groups in total. The molecule has 0 saturated carbocycles. The Kier molecular flexibility index (Phi) is 3.18. The summed E-state index contributed by atoms with van der Waals surface area (Å²) in [6.45, 7) is 8.08. The van der Waals surface area contributed by atoms with E-state index >= 15 is 0 Å². The molecule has 2 heterocycles. The van der Waals surface area contributed by atoms with Gasteiger partial charge >= 0.3 is 0 Å². The number of nitrogens with zero attached hydrogens (tertiary/aromatic N) is 4. The van der Waals surface area contributed by atoms with Crippen LogP contribution in [0, 0.1) is 20.8 Å². The van der Waals surface area contributed by atoms with Gasteiger partial charge in [0.15, 0.2) is 5.82 Å². The van der Waals surface area contributed by atoms with Gasteiger partial charge in [-0.1, -0.05) is 0 Å². The van der Waals surface area contributed by atoms with Crippen molar-refractivity contribution in [3.05, 3.63) is 23.3 Å². The molecule has 0 unspecified atom stereocenters. The predicted molar refractivity (Wildman–Crippen MR) is 68.9 cm³/mol. The maximum atomic E-state index is 5.92. The summed E-state index contributed by atoms with van der Waals surface area (Å²) in [4.78, 5) is 8.56. The normalized spacial score (nSPS) is 10.7. The highest BCUT2D eigenvalue weighted by molar-refractivity contribution is 5.49. The first-order chi connectivity index (χ1) is 8.52. The van der Waals surface area contributed by atoms with Gasteiger partial charge in [-0.05, 0) is 27.7 Å². The molecule has 6 nitrogen and oxygen atoms in total. The fraction of sp³-hybridized carbons (Fsp3) is 0.417. The Morgan fingerprint density at radius 3 is 2.56 bits per heavy atom. The largest absolute Gasteiger partial charge is 0.478 e. The highest BCUT2D eigenvalue weighted by atomic mass is 16.5. The third-order valence-electron chi connectivity index (χ3n) is 2.66. The van der Waals surface area contributed by atoms with Crippen molar-refractivity contribution < 1.29 is 4.74 Å². The number of nitrogens with two attached hydrogens (primary N) is 1. The number of aromatic nitrogens is 4. The van der Waals surface area contributed by atoms with Gasteiger partial charge in [0.2, 0.25) is 5.88 Å². The third kappa shape index (κ3) is 2.13. The molecule has 0 atom stereocenters. The van der Waals surface area contributed by atoms with Crippen LogP contribution in [0.25, 0.3) is 5.82 Å². The van der Waals surface area contributed by atoms with E-state index in [-0.39, 0.29) is 0 Å². The highest BCUT2D eigenvalue weighted by Gasteiger charge is 2.12. The lowest BCUT2D eigenvalue weighted by atomic mass is 10.3. The number of hydrogen-bond donors (Lipinski definition) is 1. The van der Waals surface area contributed by atoms with Crippen molar-refractivity contribution in [2.45, 2.75) is 27.7 Å². The molecule has 18 heavy (non-hydrogen) atoms. The number of aryl methyl sites for hydroxylation is 2. The van der Waals surface area contributed by atoms with Gasteiger partial charge in [-0.15, -0.1) is 0 Å². The van der Waals surface area contributed by atoms with Crippen LogP contribution in [-0.4, -0.2) is 26.4 Å². The number of anilines is 1. The van der Waals surface area contributed by atoms with Crippen molar-refractivity contribution in [3.8, 4) is 11.7 Å². The van der Waals surface area contributed by atoms with Crippen molar-refractivity contribution in [1.82, 2.24) is 19.7 Å². The molecule has 0 spiro atoms. The molecule has 0 bridgehead atoms. The lowest BCUT2D eigenvalue weighted by molar-refractivity contribution is 0.325. The molecule has 2 aromatic heterocycles. The average molecular weight is 247 g/mol. The summed E-state index contributed by atoms with van der Waals surface area (Å²) in [6.07, 6.45) is 0. The zero-order valence-corrected chi connectivity index (χ0v) is 11.1.